The molecule has 0 radical (unpaired) electrons. The summed E-state index contributed by atoms with van der Waals surface area (Å²) in [6, 6.07) is 7.17. The normalized spacial score (nSPS) is 9.76. The highest BCUT2D eigenvalue weighted by atomic mass is 127. The summed E-state index contributed by atoms with van der Waals surface area (Å²) in [5.74, 6) is -1.34. The van der Waals surface area contributed by atoms with Crippen molar-refractivity contribution in [2.45, 2.75) is 0 Å². The Morgan fingerprint density at radius 2 is 1.88 bits per heavy atom. The summed E-state index contributed by atoms with van der Waals surface area (Å²) in [5, 5.41) is 4.94. The molecule has 6 heteroatoms. The van der Waals surface area contributed by atoms with E-state index < -0.39 is 11.8 Å². The molecule has 0 bridgehead atoms. The summed E-state index contributed by atoms with van der Waals surface area (Å²) in [4.78, 5) is 22.7. The fraction of sp³-hybridized carbons (Fsp3) is 0.273. The van der Waals surface area contributed by atoms with Gasteiger partial charge in [-0.1, -0.05) is 0 Å². The molecule has 0 aromatic heterocycles. The van der Waals surface area contributed by atoms with Gasteiger partial charge < -0.3 is 15.4 Å². The summed E-state index contributed by atoms with van der Waals surface area (Å²) in [5.41, 5.74) is 0.595. The largest absolute Gasteiger partial charge is 0.383 e. The molecular formula is C11H13IN2O3. The van der Waals surface area contributed by atoms with Crippen molar-refractivity contribution in [3.8, 4) is 0 Å². The van der Waals surface area contributed by atoms with Crippen LogP contribution in [0.4, 0.5) is 5.69 Å². The van der Waals surface area contributed by atoms with E-state index in [0.29, 0.717) is 18.8 Å². The van der Waals surface area contributed by atoms with Crippen molar-refractivity contribution in [1.29, 1.82) is 0 Å². The van der Waals surface area contributed by atoms with E-state index in [1.807, 2.05) is 12.1 Å². The average molecular weight is 348 g/mol. The van der Waals surface area contributed by atoms with Gasteiger partial charge in [-0.2, -0.15) is 0 Å². The van der Waals surface area contributed by atoms with E-state index in [4.69, 9.17) is 4.74 Å². The molecule has 0 fully saturated rings. The second-order valence-electron chi connectivity index (χ2n) is 3.21. The second kappa shape index (κ2) is 7.23. The van der Waals surface area contributed by atoms with Gasteiger partial charge in [0.25, 0.3) is 0 Å². The molecule has 0 saturated heterocycles. The first-order valence-electron chi connectivity index (χ1n) is 4.97. The highest BCUT2D eigenvalue weighted by Crippen LogP contribution is 2.10. The van der Waals surface area contributed by atoms with E-state index in [0.717, 1.165) is 3.57 Å². The topological polar surface area (TPSA) is 67.4 Å². The zero-order valence-electron chi connectivity index (χ0n) is 9.33. The summed E-state index contributed by atoms with van der Waals surface area (Å²) in [7, 11) is 1.53. The average Bonchev–Trinajstić information content (AvgIpc) is 2.32. The lowest BCUT2D eigenvalue weighted by atomic mass is 10.3. The summed E-state index contributed by atoms with van der Waals surface area (Å²) < 4.78 is 5.82. The quantitative estimate of drug-likeness (QED) is 0.485. The number of anilines is 1. The van der Waals surface area contributed by atoms with Crippen molar-refractivity contribution < 1.29 is 14.3 Å². The van der Waals surface area contributed by atoms with E-state index in [2.05, 4.69) is 33.2 Å². The lowest BCUT2D eigenvalue weighted by Crippen LogP contribution is -2.37. The number of carbonyl (C=O) groups excluding carboxylic acids is 2. The molecular weight excluding hydrogens is 335 g/mol. The fourth-order valence-corrected chi connectivity index (χ4v) is 1.43. The molecule has 0 heterocycles. The molecule has 0 unspecified atom stereocenters. The number of hydrogen-bond acceptors (Lipinski definition) is 3. The lowest BCUT2D eigenvalue weighted by Gasteiger charge is -2.06. The zero-order valence-corrected chi connectivity index (χ0v) is 11.5. The minimum atomic E-state index is -0.678. The molecule has 2 N–H and O–H groups in total. The van der Waals surface area contributed by atoms with E-state index in [-0.39, 0.29) is 0 Å². The van der Waals surface area contributed by atoms with Crippen LogP contribution < -0.4 is 10.6 Å². The minimum absolute atomic E-state index is 0.315. The molecule has 17 heavy (non-hydrogen) atoms. The van der Waals surface area contributed by atoms with Gasteiger partial charge in [-0.05, 0) is 46.9 Å². The Morgan fingerprint density at radius 1 is 1.24 bits per heavy atom. The van der Waals surface area contributed by atoms with Crippen LogP contribution in [0, 0.1) is 3.57 Å². The van der Waals surface area contributed by atoms with Crippen LogP contribution in [0.2, 0.25) is 0 Å². The van der Waals surface area contributed by atoms with Gasteiger partial charge in [0.2, 0.25) is 0 Å². The number of nitrogens with one attached hydrogen (secondary N) is 2. The second-order valence-corrected chi connectivity index (χ2v) is 4.46. The Morgan fingerprint density at radius 3 is 2.47 bits per heavy atom. The number of rotatable bonds is 4. The van der Waals surface area contributed by atoms with Gasteiger partial charge in [-0.15, -0.1) is 0 Å². The molecule has 1 rings (SSSR count). The molecule has 0 aliphatic rings. The van der Waals surface area contributed by atoms with Crippen molar-refractivity contribution in [2.75, 3.05) is 25.6 Å². The van der Waals surface area contributed by atoms with Gasteiger partial charge in [0.1, 0.15) is 0 Å². The SMILES string of the molecule is COCCNC(=O)C(=O)Nc1ccc(I)cc1. The molecule has 5 nitrogen and oxygen atoms in total. The van der Waals surface area contributed by atoms with Gasteiger partial charge in [-0.3, -0.25) is 9.59 Å². The van der Waals surface area contributed by atoms with Crippen molar-refractivity contribution in [3.63, 3.8) is 0 Å². The van der Waals surface area contributed by atoms with Crippen LogP contribution in [0.1, 0.15) is 0 Å². The molecule has 0 aliphatic heterocycles. The van der Waals surface area contributed by atoms with Gasteiger partial charge in [0, 0.05) is 22.9 Å². The number of amides is 2. The minimum Gasteiger partial charge on any atom is -0.383 e. The van der Waals surface area contributed by atoms with Crippen LogP contribution in [-0.4, -0.2) is 32.1 Å². The van der Waals surface area contributed by atoms with E-state index in [1.54, 1.807) is 12.1 Å². The van der Waals surface area contributed by atoms with Crippen molar-refractivity contribution in [2.24, 2.45) is 0 Å². The Hall–Kier alpha value is -1.15. The summed E-state index contributed by atoms with van der Waals surface area (Å²) >= 11 is 2.16. The Kier molecular flexibility index (Phi) is 5.92. The number of ether oxygens (including phenoxy) is 1. The van der Waals surface area contributed by atoms with Crippen LogP contribution in [0.15, 0.2) is 24.3 Å². The Labute approximate surface area is 113 Å². The maximum absolute atomic E-state index is 11.4. The van der Waals surface area contributed by atoms with Crippen LogP contribution in [-0.2, 0) is 14.3 Å². The maximum Gasteiger partial charge on any atom is 0.313 e. The number of carbonyl (C=O) groups is 2. The number of hydrogen-bond donors (Lipinski definition) is 2. The van der Waals surface area contributed by atoms with E-state index in [9.17, 15) is 9.59 Å². The van der Waals surface area contributed by atoms with E-state index in [1.165, 1.54) is 7.11 Å². The van der Waals surface area contributed by atoms with Crippen molar-refractivity contribution in [3.05, 3.63) is 27.8 Å². The summed E-state index contributed by atoms with van der Waals surface area (Å²) in [6.45, 7) is 0.692. The van der Waals surface area contributed by atoms with Crippen LogP contribution >= 0.6 is 22.6 Å². The van der Waals surface area contributed by atoms with Gasteiger partial charge in [0.05, 0.1) is 6.61 Å². The molecule has 0 aliphatic carbocycles. The van der Waals surface area contributed by atoms with Crippen molar-refractivity contribution >= 4 is 40.1 Å². The number of methoxy groups -OCH3 is 1. The molecule has 0 saturated carbocycles. The van der Waals surface area contributed by atoms with Crippen LogP contribution in [0.25, 0.3) is 0 Å². The van der Waals surface area contributed by atoms with Gasteiger partial charge in [0.15, 0.2) is 0 Å². The monoisotopic (exact) mass is 348 g/mol. The molecule has 0 spiro atoms. The number of halogens is 1. The summed E-state index contributed by atoms with van der Waals surface area (Å²) in [6.07, 6.45) is 0. The third-order valence-electron chi connectivity index (χ3n) is 1.90. The molecule has 1 aromatic rings. The number of benzene rings is 1. The Bertz CT molecular complexity index is 392. The predicted molar refractivity (Wildman–Crippen MR) is 72.7 cm³/mol. The first-order chi connectivity index (χ1) is 8.13. The third kappa shape index (κ3) is 5.14. The standard InChI is InChI=1S/C11H13IN2O3/c1-17-7-6-13-10(15)11(16)14-9-4-2-8(12)3-5-9/h2-5H,6-7H2,1H3,(H,13,15)(H,14,16). The molecule has 92 valence electrons. The van der Waals surface area contributed by atoms with Crippen molar-refractivity contribution in [1.82, 2.24) is 5.32 Å². The lowest BCUT2D eigenvalue weighted by molar-refractivity contribution is -0.136. The molecule has 1 aromatic carbocycles. The van der Waals surface area contributed by atoms with Gasteiger partial charge in [-0.25, -0.2) is 0 Å². The highest BCUT2D eigenvalue weighted by Gasteiger charge is 2.12. The van der Waals surface area contributed by atoms with Crippen LogP contribution in [0.5, 0.6) is 0 Å². The smallest absolute Gasteiger partial charge is 0.313 e. The van der Waals surface area contributed by atoms with Gasteiger partial charge >= 0.3 is 11.8 Å². The predicted octanol–water partition coefficient (Wildman–Crippen LogP) is 0.992. The Balaban J connectivity index is 2.43. The maximum atomic E-state index is 11.4. The van der Waals surface area contributed by atoms with Crippen LogP contribution in [0.3, 0.4) is 0 Å². The molecule has 2 amide bonds. The molecule has 0 atom stereocenters. The third-order valence-corrected chi connectivity index (χ3v) is 2.62. The first kappa shape index (κ1) is 13.9. The highest BCUT2D eigenvalue weighted by molar-refractivity contribution is 14.1. The first-order valence-corrected chi connectivity index (χ1v) is 6.05. The van der Waals surface area contributed by atoms with E-state index >= 15 is 0 Å². The fourth-order valence-electron chi connectivity index (χ4n) is 1.07. The zero-order chi connectivity index (χ0) is 12.7.